The number of hydrogen-bond acceptors (Lipinski definition) is 3. The van der Waals surface area contributed by atoms with E-state index in [9.17, 15) is 4.79 Å². The Labute approximate surface area is 102 Å². The minimum absolute atomic E-state index is 0.0232. The van der Waals surface area contributed by atoms with Crippen molar-refractivity contribution in [2.75, 3.05) is 5.32 Å². The van der Waals surface area contributed by atoms with Crippen molar-refractivity contribution in [3.8, 4) is 0 Å². The summed E-state index contributed by atoms with van der Waals surface area (Å²) in [7, 11) is 0. The van der Waals surface area contributed by atoms with Gasteiger partial charge in [0, 0.05) is 11.7 Å². The van der Waals surface area contributed by atoms with Crippen molar-refractivity contribution in [3.63, 3.8) is 0 Å². The molecule has 4 nitrogen and oxygen atoms in total. The SMILES string of the molecule is CCc1cccc(NC(=O)C2CC(C)NN2)c1. The average Bonchev–Trinajstić information content (AvgIpc) is 2.76. The Balaban J connectivity index is 1.98. The summed E-state index contributed by atoms with van der Waals surface area (Å²) < 4.78 is 0. The molecule has 2 rings (SSSR count). The Kier molecular flexibility index (Phi) is 3.76. The van der Waals surface area contributed by atoms with E-state index < -0.39 is 0 Å². The topological polar surface area (TPSA) is 53.2 Å². The van der Waals surface area contributed by atoms with Crippen molar-refractivity contribution in [2.45, 2.75) is 38.8 Å². The summed E-state index contributed by atoms with van der Waals surface area (Å²) in [5.74, 6) is 0.0232. The maximum Gasteiger partial charge on any atom is 0.242 e. The predicted octanol–water partition coefficient (Wildman–Crippen LogP) is 1.44. The van der Waals surface area contributed by atoms with E-state index in [0.29, 0.717) is 6.04 Å². The van der Waals surface area contributed by atoms with Gasteiger partial charge in [-0.1, -0.05) is 19.1 Å². The summed E-state index contributed by atoms with van der Waals surface area (Å²) >= 11 is 0. The number of carbonyl (C=O) groups excluding carboxylic acids is 1. The third kappa shape index (κ3) is 3.05. The highest BCUT2D eigenvalue weighted by Gasteiger charge is 2.26. The number of hydrazine groups is 1. The summed E-state index contributed by atoms with van der Waals surface area (Å²) in [6, 6.07) is 8.17. The molecule has 1 aliphatic heterocycles. The molecule has 0 radical (unpaired) electrons. The lowest BCUT2D eigenvalue weighted by molar-refractivity contribution is -0.117. The highest BCUT2D eigenvalue weighted by Crippen LogP contribution is 2.13. The zero-order chi connectivity index (χ0) is 12.3. The number of anilines is 1. The molecule has 17 heavy (non-hydrogen) atoms. The van der Waals surface area contributed by atoms with Crippen LogP contribution in [0.15, 0.2) is 24.3 Å². The molecule has 3 N–H and O–H groups in total. The zero-order valence-corrected chi connectivity index (χ0v) is 10.3. The minimum Gasteiger partial charge on any atom is -0.325 e. The third-order valence-electron chi connectivity index (χ3n) is 3.01. The number of nitrogens with one attached hydrogen (secondary N) is 3. The van der Waals surface area contributed by atoms with Crippen LogP contribution < -0.4 is 16.2 Å². The van der Waals surface area contributed by atoms with Crippen LogP contribution in [0.3, 0.4) is 0 Å². The fourth-order valence-electron chi connectivity index (χ4n) is 1.99. The van der Waals surface area contributed by atoms with Crippen LogP contribution in [-0.2, 0) is 11.2 Å². The molecule has 0 aromatic heterocycles. The van der Waals surface area contributed by atoms with Gasteiger partial charge in [0.15, 0.2) is 0 Å². The van der Waals surface area contributed by atoms with Crippen molar-refractivity contribution < 1.29 is 4.79 Å². The monoisotopic (exact) mass is 233 g/mol. The molecular weight excluding hydrogens is 214 g/mol. The second-order valence-electron chi connectivity index (χ2n) is 4.52. The Bertz CT molecular complexity index is 405. The molecule has 0 bridgehead atoms. The quantitative estimate of drug-likeness (QED) is 0.740. The van der Waals surface area contributed by atoms with E-state index in [4.69, 9.17) is 0 Å². The van der Waals surface area contributed by atoms with Crippen molar-refractivity contribution >= 4 is 11.6 Å². The van der Waals surface area contributed by atoms with Crippen molar-refractivity contribution in [2.24, 2.45) is 0 Å². The second kappa shape index (κ2) is 5.29. The normalized spacial score (nSPS) is 23.6. The number of benzene rings is 1. The zero-order valence-electron chi connectivity index (χ0n) is 10.3. The van der Waals surface area contributed by atoms with Crippen LogP contribution >= 0.6 is 0 Å². The van der Waals surface area contributed by atoms with Gasteiger partial charge in [-0.3, -0.25) is 10.2 Å². The van der Waals surface area contributed by atoms with Crippen LogP contribution in [0.2, 0.25) is 0 Å². The molecule has 1 fully saturated rings. The second-order valence-corrected chi connectivity index (χ2v) is 4.52. The van der Waals surface area contributed by atoms with Gasteiger partial charge in [-0.2, -0.15) is 0 Å². The van der Waals surface area contributed by atoms with Gasteiger partial charge >= 0.3 is 0 Å². The smallest absolute Gasteiger partial charge is 0.242 e. The summed E-state index contributed by atoms with van der Waals surface area (Å²) in [4.78, 5) is 11.9. The van der Waals surface area contributed by atoms with Crippen molar-refractivity contribution in [1.29, 1.82) is 0 Å². The number of amides is 1. The average molecular weight is 233 g/mol. The summed E-state index contributed by atoms with van der Waals surface area (Å²) in [6.07, 6.45) is 1.79. The molecule has 4 heteroatoms. The maximum atomic E-state index is 11.9. The van der Waals surface area contributed by atoms with Gasteiger partial charge < -0.3 is 5.32 Å². The highest BCUT2D eigenvalue weighted by molar-refractivity contribution is 5.95. The molecule has 1 saturated heterocycles. The first-order chi connectivity index (χ1) is 8.19. The summed E-state index contributed by atoms with van der Waals surface area (Å²) in [5.41, 5.74) is 8.14. The first-order valence-electron chi connectivity index (χ1n) is 6.10. The lowest BCUT2D eigenvalue weighted by Gasteiger charge is -2.11. The first-order valence-corrected chi connectivity index (χ1v) is 6.10. The van der Waals surface area contributed by atoms with E-state index >= 15 is 0 Å². The van der Waals surface area contributed by atoms with Gasteiger partial charge in [0.2, 0.25) is 5.91 Å². The Morgan fingerprint density at radius 1 is 1.47 bits per heavy atom. The van der Waals surface area contributed by atoms with Crippen LogP contribution in [0.25, 0.3) is 0 Å². The van der Waals surface area contributed by atoms with E-state index in [-0.39, 0.29) is 11.9 Å². The summed E-state index contributed by atoms with van der Waals surface area (Å²) in [6.45, 7) is 4.16. The van der Waals surface area contributed by atoms with E-state index in [0.717, 1.165) is 18.5 Å². The Hall–Kier alpha value is -1.39. The van der Waals surface area contributed by atoms with E-state index in [1.807, 2.05) is 18.2 Å². The molecular formula is C13H19N3O. The first kappa shape index (κ1) is 12.1. The molecule has 1 aromatic rings. The van der Waals surface area contributed by atoms with Crippen LogP contribution in [0.5, 0.6) is 0 Å². The molecule has 2 unspecified atom stereocenters. The van der Waals surface area contributed by atoms with Crippen LogP contribution in [0.4, 0.5) is 5.69 Å². The molecule has 2 atom stereocenters. The molecule has 1 heterocycles. The van der Waals surface area contributed by atoms with Gasteiger partial charge in [0.1, 0.15) is 6.04 Å². The Morgan fingerprint density at radius 2 is 2.29 bits per heavy atom. The minimum atomic E-state index is -0.143. The molecule has 1 aromatic carbocycles. The van der Waals surface area contributed by atoms with Gasteiger partial charge in [-0.15, -0.1) is 0 Å². The van der Waals surface area contributed by atoms with Crippen molar-refractivity contribution in [1.82, 2.24) is 10.9 Å². The van der Waals surface area contributed by atoms with E-state index in [1.54, 1.807) is 0 Å². The van der Waals surface area contributed by atoms with Crippen LogP contribution in [0.1, 0.15) is 25.8 Å². The van der Waals surface area contributed by atoms with Gasteiger partial charge in [-0.05, 0) is 37.5 Å². The lowest BCUT2D eigenvalue weighted by atomic mass is 10.1. The van der Waals surface area contributed by atoms with Gasteiger partial charge in [-0.25, -0.2) is 5.43 Å². The number of aryl methyl sites for hydroxylation is 1. The number of rotatable bonds is 3. The van der Waals surface area contributed by atoms with Gasteiger partial charge in [0.05, 0.1) is 0 Å². The third-order valence-corrected chi connectivity index (χ3v) is 3.01. The number of carbonyl (C=O) groups is 1. The van der Waals surface area contributed by atoms with Crippen LogP contribution in [-0.4, -0.2) is 18.0 Å². The fourth-order valence-corrected chi connectivity index (χ4v) is 1.99. The highest BCUT2D eigenvalue weighted by atomic mass is 16.2. The Morgan fingerprint density at radius 3 is 2.94 bits per heavy atom. The van der Waals surface area contributed by atoms with Crippen LogP contribution in [0, 0.1) is 0 Å². The lowest BCUT2D eigenvalue weighted by Crippen LogP contribution is -2.39. The molecule has 1 amide bonds. The standard InChI is InChI=1S/C13H19N3O/c1-3-10-5-4-6-11(8-10)14-13(17)12-7-9(2)15-16-12/h4-6,8-9,12,15-16H,3,7H2,1-2H3,(H,14,17). The van der Waals surface area contributed by atoms with Crippen molar-refractivity contribution in [3.05, 3.63) is 29.8 Å². The van der Waals surface area contributed by atoms with E-state index in [1.165, 1.54) is 5.56 Å². The fraction of sp³-hybridized carbons (Fsp3) is 0.462. The maximum absolute atomic E-state index is 11.9. The molecule has 0 saturated carbocycles. The largest absolute Gasteiger partial charge is 0.325 e. The summed E-state index contributed by atoms with van der Waals surface area (Å²) in [5, 5.41) is 2.94. The van der Waals surface area contributed by atoms with E-state index in [2.05, 4.69) is 36.1 Å². The molecule has 1 aliphatic rings. The molecule has 92 valence electrons. The van der Waals surface area contributed by atoms with Gasteiger partial charge in [0.25, 0.3) is 0 Å². The molecule has 0 spiro atoms. The predicted molar refractivity (Wildman–Crippen MR) is 68.6 cm³/mol. The number of hydrogen-bond donors (Lipinski definition) is 3. The molecule has 0 aliphatic carbocycles.